The first kappa shape index (κ1) is 20.9. The zero-order chi connectivity index (χ0) is 22.6. The van der Waals surface area contributed by atoms with Crippen LogP contribution in [0.25, 0.3) is 16.7 Å². The van der Waals surface area contributed by atoms with E-state index in [0.29, 0.717) is 17.0 Å². The van der Waals surface area contributed by atoms with Gasteiger partial charge in [0.2, 0.25) is 11.9 Å². The predicted octanol–water partition coefficient (Wildman–Crippen LogP) is 3.00. The smallest absolute Gasteiger partial charge is 0.263 e. The maximum atomic E-state index is 12.7. The monoisotopic (exact) mass is 442 g/mol. The van der Waals surface area contributed by atoms with E-state index < -0.39 is 0 Å². The van der Waals surface area contributed by atoms with Gasteiger partial charge < -0.3 is 10.2 Å². The Kier molecular flexibility index (Phi) is 5.89. The van der Waals surface area contributed by atoms with Crippen molar-refractivity contribution >= 4 is 22.9 Å². The molecule has 0 aliphatic carbocycles. The van der Waals surface area contributed by atoms with Crippen molar-refractivity contribution in [3.8, 4) is 5.69 Å². The third-order valence-electron chi connectivity index (χ3n) is 6.18. The molecule has 1 saturated heterocycles. The fourth-order valence-electron chi connectivity index (χ4n) is 4.37. The molecule has 0 saturated carbocycles. The molecule has 1 aliphatic rings. The molecular formula is C25H26N6O2. The van der Waals surface area contributed by atoms with E-state index in [9.17, 15) is 9.59 Å². The molecule has 1 amide bonds. The first-order valence-electron chi connectivity index (χ1n) is 11.3. The number of nitrogens with zero attached hydrogens (tertiary/aromatic N) is 4. The highest BCUT2D eigenvalue weighted by Gasteiger charge is 2.23. The lowest BCUT2D eigenvalue weighted by atomic mass is 9.90. The number of para-hydroxylation sites is 1. The number of likely N-dealkylation sites (tertiary alicyclic amines) is 1. The fraction of sp³-hybridized carbons (Fsp3) is 0.280. The highest BCUT2D eigenvalue weighted by molar-refractivity contribution is 5.81. The number of carbonyl (C=O) groups is 1. The lowest BCUT2D eigenvalue weighted by Gasteiger charge is -2.32. The summed E-state index contributed by atoms with van der Waals surface area (Å²) in [7, 11) is 0. The summed E-state index contributed by atoms with van der Waals surface area (Å²) in [5.74, 6) is 0.869. The number of aromatic nitrogens is 4. The van der Waals surface area contributed by atoms with Crippen LogP contribution in [0.1, 0.15) is 18.4 Å². The Balaban J connectivity index is 1.21. The molecule has 168 valence electrons. The Bertz CT molecular complexity index is 1290. The van der Waals surface area contributed by atoms with E-state index >= 15 is 0 Å². The number of hydrogen-bond acceptors (Lipinski definition) is 5. The topological polar surface area (TPSA) is 95.9 Å². The minimum atomic E-state index is -0.293. The number of hydrogen-bond donors (Lipinski definition) is 2. The van der Waals surface area contributed by atoms with Gasteiger partial charge in [-0.15, -0.1) is 0 Å². The largest absolute Gasteiger partial charge is 0.347 e. The van der Waals surface area contributed by atoms with Gasteiger partial charge in [-0.1, -0.05) is 48.5 Å². The minimum Gasteiger partial charge on any atom is -0.347 e. The van der Waals surface area contributed by atoms with Crippen LogP contribution >= 0.6 is 0 Å². The Labute approximate surface area is 191 Å². The summed E-state index contributed by atoms with van der Waals surface area (Å²) in [6.07, 6.45) is 4.56. The molecule has 0 bridgehead atoms. The van der Waals surface area contributed by atoms with Gasteiger partial charge in [0.05, 0.1) is 18.4 Å². The molecule has 2 aromatic carbocycles. The molecule has 0 radical (unpaired) electrons. The molecule has 8 nitrogen and oxygen atoms in total. The van der Waals surface area contributed by atoms with Gasteiger partial charge in [-0.3, -0.25) is 14.6 Å². The molecule has 33 heavy (non-hydrogen) atoms. The minimum absolute atomic E-state index is 0.00692. The molecule has 0 spiro atoms. The van der Waals surface area contributed by atoms with Crippen LogP contribution in [0.4, 0.5) is 5.95 Å². The Hall–Kier alpha value is -3.94. The standard InChI is InChI=1S/C25H26N6O2/c32-22(30-13-11-19(12-14-30)15-18-7-3-1-4-8-18)17-26-25-28-23-21(24(33)29-25)16-27-31(23)20-9-5-2-6-10-20/h1-10,16,19H,11-15,17H2,(H2,26,28,29,33). The molecule has 1 aliphatic heterocycles. The maximum absolute atomic E-state index is 12.7. The Morgan fingerprint density at radius 2 is 1.73 bits per heavy atom. The van der Waals surface area contributed by atoms with E-state index in [1.54, 1.807) is 4.68 Å². The van der Waals surface area contributed by atoms with Gasteiger partial charge in [0.25, 0.3) is 5.56 Å². The maximum Gasteiger partial charge on any atom is 0.263 e. The van der Waals surface area contributed by atoms with Gasteiger partial charge in [0.1, 0.15) is 5.39 Å². The number of rotatable bonds is 6. The van der Waals surface area contributed by atoms with E-state index in [1.165, 1.54) is 11.8 Å². The number of benzene rings is 2. The van der Waals surface area contributed by atoms with E-state index in [1.807, 2.05) is 41.3 Å². The van der Waals surface area contributed by atoms with Crippen LogP contribution in [0.3, 0.4) is 0 Å². The number of nitrogens with one attached hydrogen (secondary N) is 2. The molecule has 2 N–H and O–H groups in total. The summed E-state index contributed by atoms with van der Waals surface area (Å²) < 4.78 is 1.62. The molecule has 3 heterocycles. The summed E-state index contributed by atoms with van der Waals surface area (Å²) in [4.78, 5) is 34.3. The molecule has 5 rings (SSSR count). The fourth-order valence-corrected chi connectivity index (χ4v) is 4.37. The molecule has 0 unspecified atom stereocenters. The lowest BCUT2D eigenvalue weighted by Crippen LogP contribution is -2.41. The van der Waals surface area contributed by atoms with Crippen LogP contribution in [0.2, 0.25) is 0 Å². The van der Waals surface area contributed by atoms with Crippen molar-refractivity contribution in [2.24, 2.45) is 5.92 Å². The highest BCUT2D eigenvalue weighted by Crippen LogP contribution is 2.22. The second kappa shape index (κ2) is 9.28. The number of piperidine rings is 1. The predicted molar refractivity (Wildman–Crippen MR) is 127 cm³/mol. The van der Waals surface area contributed by atoms with Crippen molar-refractivity contribution in [2.75, 3.05) is 25.0 Å². The van der Waals surface area contributed by atoms with Crippen molar-refractivity contribution in [3.05, 3.63) is 82.8 Å². The van der Waals surface area contributed by atoms with Crippen molar-refractivity contribution in [1.29, 1.82) is 0 Å². The third-order valence-corrected chi connectivity index (χ3v) is 6.18. The highest BCUT2D eigenvalue weighted by atomic mass is 16.2. The van der Waals surface area contributed by atoms with Gasteiger partial charge >= 0.3 is 0 Å². The quantitative estimate of drug-likeness (QED) is 0.479. The summed E-state index contributed by atoms with van der Waals surface area (Å²) in [5, 5.41) is 7.70. The summed E-state index contributed by atoms with van der Waals surface area (Å²) in [6.45, 7) is 1.58. The third kappa shape index (κ3) is 4.64. The number of H-pyrrole nitrogens is 1. The lowest BCUT2D eigenvalue weighted by molar-refractivity contribution is -0.130. The normalized spacial score (nSPS) is 14.5. The average molecular weight is 443 g/mol. The average Bonchev–Trinajstić information content (AvgIpc) is 3.29. The van der Waals surface area contributed by atoms with Gasteiger partial charge in [-0.25, -0.2) is 4.68 Å². The second-order valence-corrected chi connectivity index (χ2v) is 8.41. The number of amides is 1. The van der Waals surface area contributed by atoms with Crippen molar-refractivity contribution in [2.45, 2.75) is 19.3 Å². The number of fused-ring (bicyclic) bond motifs is 1. The first-order chi connectivity index (χ1) is 16.2. The van der Waals surface area contributed by atoms with E-state index in [0.717, 1.165) is 38.0 Å². The molecule has 2 aromatic heterocycles. The van der Waals surface area contributed by atoms with Crippen LogP contribution in [0.5, 0.6) is 0 Å². The first-order valence-corrected chi connectivity index (χ1v) is 11.3. The van der Waals surface area contributed by atoms with Crippen LogP contribution < -0.4 is 10.9 Å². The van der Waals surface area contributed by atoms with Crippen LogP contribution in [-0.4, -0.2) is 50.2 Å². The number of aromatic amines is 1. The zero-order valence-corrected chi connectivity index (χ0v) is 18.3. The van der Waals surface area contributed by atoms with Crippen molar-refractivity contribution in [1.82, 2.24) is 24.6 Å². The molecule has 1 fully saturated rings. The Morgan fingerprint density at radius 3 is 2.45 bits per heavy atom. The van der Waals surface area contributed by atoms with Crippen molar-refractivity contribution in [3.63, 3.8) is 0 Å². The number of anilines is 1. The Morgan fingerprint density at radius 1 is 1.03 bits per heavy atom. The van der Waals surface area contributed by atoms with Gasteiger partial charge in [-0.2, -0.15) is 10.1 Å². The van der Waals surface area contributed by atoms with Crippen LogP contribution in [0.15, 0.2) is 71.7 Å². The van der Waals surface area contributed by atoms with Crippen LogP contribution in [0, 0.1) is 5.92 Å². The molecule has 4 aromatic rings. The molecule has 8 heteroatoms. The molecule has 0 atom stereocenters. The van der Waals surface area contributed by atoms with Gasteiger partial charge in [0.15, 0.2) is 5.65 Å². The van der Waals surface area contributed by atoms with Crippen molar-refractivity contribution < 1.29 is 4.79 Å². The number of carbonyl (C=O) groups excluding carboxylic acids is 1. The second-order valence-electron chi connectivity index (χ2n) is 8.41. The van der Waals surface area contributed by atoms with Gasteiger partial charge in [0, 0.05) is 13.1 Å². The summed E-state index contributed by atoms with van der Waals surface area (Å²) >= 11 is 0. The zero-order valence-electron chi connectivity index (χ0n) is 18.3. The summed E-state index contributed by atoms with van der Waals surface area (Å²) in [5.41, 5.74) is 2.32. The summed E-state index contributed by atoms with van der Waals surface area (Å²) in [6, 6.07) is 20.0. The van der Waals surface area contributed by atoms with E-state index in [4.69, 9.17) is 0 Å². The van der Waals surface area contributed by atoms with E-state index in [2.05, 4.69) is 44.6 Å². The van der Waals surface area contributed by atoms with Crippen LogP contribution in [-0.2, 0) is 11.2 Å². The molecular weight excluding hydrogens is 416 g/mol. The van der Waals surface area contributed by atoms with Gasteiger partial charge in [-0.05, 0) is 42.9 Å². The van der Waals surface area contributed by atoms with E-state index in [-0.39, 0.29) is 24.0 Å². The SMILES string of the molecule is O=C(CNc1nc2c(cnn2-c2ccccc2)c(=O)[nH]1)N1CCC(Cc2ccccc2)CC1.